The summed E-state index contributed by atoms with van der Waals surface area (Å²) in [7, 11) is 0. The van der Waals surface area contributed by atoms with E-state index in [4.69, 9.17) is 11.6 Å². The average Bonchev–Trinajstić information content (AvgIpc) is 2.42. The summed E-state index contributed by atoms with van der Waals surface area (Å²) in [6.07, 6.45) is 2.93. The van der Waals surface area contributed by atoms with Crippen molar-refractivity contribution in [2.45, 2.75) is 25.7 Å². The molecule has 110 valence electrons. The Morgan fingerprint density at radius 2 is 2.20 bits per heavy atom. The fourth-order valence-corrected chi connectivity index (χ4v) is 2.93. The number of halogens is 3. The van der Waals surface area contributed by atoms with E-state index in [9.17, 15) is 13.6 Å². The van der Waals surface area contributed by atoms with Crippen LogP contribution in [0, 0.1) is 17.6 Å². The van der Waals surface area contributed by atoms with Crippen molar-refractivity contribution in [3.8, 4) is 0 Å². The molecule has 0 aliphatic carbocycles. The summed E-state index contributed by atoms with van der Waals surface area (Å²) in [5.41, 5.74) is 0.246. The number of alkyl halides is 1. The van der Waals surface area contributed by atoms with E-state index >= 15 is 0 Å². The van der Waals surface area contributed by atoms with Gasteiger partial charge >= 0.3 is 0 Å². The SMILES string of the molecule is O=C(Cc1ccc(F)cc1F)N1CCCC(CCCl)C1. The number of likely N-dealkylation sites (tertiary alicyclic amines) is 1. The predicted octanol–water partition coefficient (Wildman–Crippen LogP) is 3.37. The summed E-state index contributed by atoms with van der Waals surface area (Å²) in [5.74, 6) is -0.358. The Balaban J connectivity index is 1.97. The second kappa shape index (κ2) is 7.02. The summed E-state index contributed by atoms with van der Waals surface area (Å²) in [5, 5.41) is 0. The number of nitrogens with zero attached hydrogens (tertiary/aromatic N) is 1. The van der Waals surface area contributed by atoms with Crippen LogP contribution >= 0.6 is 11.6 Å². The van der Waals surface area contributed by atoms with Crippen molar-refractivity contribution in [2.24, 2.45) is 5.92 Å². The second-order valence-electron chi connectivity index (χ2n) is 5.24. The molecular formula is C15H18ClF2NO. The maximum atomic E-state index is 13.5. The van der Waals surface area contributed by atoms with Gasteiger partial charge in [0.05, 0.1) is 6.42 Å². The highest BCUT2D eigenvalue weighted by atomic mass is 35.5. The number of carbonyl (C=O) groups excluding carboxylic acids is 1. The van der Waals surface area contributed by atoms with Gasteiger partial charge in [0.1, 0.15) is 11.6 Å². The van der Waals surface area contributed by atoms with Crippen LogP contribution in [0.15, 0.2) is 18.2 Å². The Morgan fingerprint density at radius 3 is 2.90 bits per heavy atom. The van der Waals surface area contributed by atoms with Crippen molar-refractivity contribution in [3.05, 3.63) is 35.4 Å². The molecule has 5 heteroatoms. The highest BCUT2D eigenvalue weighted by molar-refractivity contribution is 6.17. The zero-order chi connectivity index (χ0) is 14.5. The van der Waals surface area contributed by atoms with Crippen LogP contribution in [0.25, 0.3) is 0 Å². The van der Waals surface area contributed by atoms with Crippen molar-refractivity contribution < 1.29 is 13.6 Å². The molecule has 1 amide bonds. The van der Waals surface area contributed by atoms with Gasteiger partial charge in [-0.2, -0.15) is 0 Å². The highest BCUT2D eigenvalue weighted by Gasteiger charge is 2.23. The minimum Gasteiger partial charge on any atom is -0.342 e. The van der Waals surface area contributed by atoms with Gasteiger partial charge in [-0.1, -0.05) is 6.07 Å². The maximum Gasteiger partial charge on any atom is 0.227 e. The van der Waals surface area contributed by atoms with Crippen molar-refractivity contribution >= 4 is 17.5 Å². The molecular weight excluding hydrogens is 284 g/mol. The molecule has 1 unspecified atom stereocenters. The Morgan fingerprint density at radius 1 is 1.40 bits per heavy atom. The van der Waals surface area contributed by atoms with Crippen LogP contribution < -0.4 is 0 Å². The molecule has 1 atom stereocenters. The zero-order valence-corrected chi connectivity index (χ0v) is 12.0. The molecule has 2 rings (SSSR count). The number of hydrogen-bond donors (Lipinski definition) is 0. The first-order valence-corrected chi connectivity index (χ1v) is 7.41. The lowest BCUT2D eigenvalue weighted by atomic mass is 9.95. The van der Waals surface area contributed by atoms with Gasteiger partial charge in [-0.3, -0.25) is 4.79 Å². The van der Waals surface area contributed by atoms with E-state index in [1.165, 1.54) is 12.1 Å². The Labute approximate surface area is 122 Å². The van der Waals surface area contributed by atoms with Crippen LogP contribution in [0.1, 0.15) is 24.8 Å². The highest BCUT2D eigenvalue weighted by Crippen LogP contribution is 2.21. The van der Waals surface area contributed by atoms with E-state index in [0.717, 1.165) is 25.3 Å². The van der Waals surface area contributed by atoms with Crippen molar-refractivity contribution in [1.82, 2.24) is 4.90 Å². The van der Waals surface area contributed by atoms with Gasteiger partial charge < -0.3 is 4.90 Å². The third-order valence-electron chi connectivity index (χ3n) is 3.75. The first kappa shape index (κ1) is 15.2. The molecule has 1 saturated heterocycles. The molecule has 1 aromatic carbocycles. The topological polar surface area (TPSA) is 20.3 Å². The largest absolute Gasteiger partial charge is 0.342 e. The van der Waals surface area contributed by atoms with Gasteiger partial charge in [0.2, 0.25) is 5.91 Å². The first-order valence-electron chi connectivity index (χ1n) is 6.88. The number of amides is 1. The van der Waals surface area contributed by atoms with Crippen molar-refractivity contribution in [2.75, 3.05) is 19.0 Å². The van der Waals surface area contributed by atoms with Crippen LogP contribution in [-0.2, 0) is 11.2 Å². The maximum absolute atomic E-state index is 13.5. The van der Waals surface area contributed by atoms with Crippen LogP contribution in [0.5, 0.6) is 0 Å². The average molecular weight is 302 g/mol. The summed E-state index contributed by atoms with van der Waals surface area (Å²) >= 11 is 5.74. The van der Waals surface area contributed by atoms with Gasteiger partial charge in [0, 0.05) is 25.0 Å². The lowest BCUT2D eigenvalue weighted by Gasteiger charge is -2.32. The molecule has 1 fully saturated rings. The predicted molar refractivity (Wildman–Crippen MR) is 74.7 cm³/mol. The first-order chi connectivity index (χ1) is 9.60. The molecule has 1 heterocycles. The van der Waals surface area contributed by atoms with Gasteiger partial charge in [0.25, 0.3) is 0 Å². The van der Waals surface area contributed by atoms with Crippen LogP contribution in [0.3, 0.4) is 0 Å². The van der Waals surface area contributed by atoms with Crippen LogP contribution in [-0.4, -0.2) is 29.8 Å². The summed E-state index contributed by atoms with van der Waals surface area (Å²) in [6, 6.07) is 3.33. The van der Waals surface area contributed by atoms with Crippen molar-refractivity contribution in [1.29, 1.82) is 0 Å². The van der Waals surface area contributed by atoms with E-state index in [0.29, 0.717) is 24.9 Å². The van der Waals surface area contributed by atoms with Gasteiger partial charge in [-0.25, -0.2) is 8.78 Å². The van der Waals surface area contributed by atoms with Gasteiger partial charge in [-0.05, 0) is 36.8 Å². The molecule has 0 N–H and O–H groups in total. The molecule has 0 aromatic heterocycles. The number of piperidine rings is 1. The van der Waals surface area contributed by atoms with E-state index in [1.54, 1.807) is 4.90 Å². The van der Waals surface area contributed by atoms with Crippen LogP contribution in [0.4, 0.5) is 8.78 Å². The van der Waals surface area contributed by atoms with E-state index in [1.807, 2.05) is 0 Å². The quantitative estimate of drug-likeness (QED) is 0.781. The molecule has 0 spiro atoms. The minimum atomic E-state index is -0.660. The lowest BCUT2D eigenvalue weighted by Crippen LogP contribution is -2.40. The molecule has 20 heavy (non-hydrogen) atoms. The van der Waals surface area contributed by atoms with E-state index in [-0.39, 0.29) is 17.9 Å². The molecule has 0 saturated carbocycles. The smallest absolute Gasteiger partial charge is 0.227 e. The molecule has 0 radical (unpaired) electrons. The molecule has 0 bridgehead atoms. The Bertz CT molecular complexity index is 479. The lowest BCUT2D eigenvalue weighted by molar-refractivity contribution is -0.132. The van der Waals surface area contributed by atoms with Crippen LogP contribution in [0.2, 0.25) is 0 Å². The standard InChI is InChI=1S/C15H18ClF2NO/c16-6-5-11-2-1-7-19(10-11)15(20)8-12-3-4-13(17)9-14(12)18/h3-4,9,11H,1-2,5-8,10H2. The third kappa shape index (κ3) is 3.92. The molecule has 2 nitrogen and oxygen atoms in total. The fourth-order valence-electron chi connectivity index (χ4n) is 2.62. The van der Waals surface area contributed by atoms with Crippen molar-refractivity contribution in [3.63, 3.8) is 0 Å². The molecule has 1 aliphatic rings. The normalized spacial score (nSPS) is 19.1. The van der Waals surface area contributed by atoms with Gasteiger partial charge in [-0.15, -0.1) is 11.6 Å². The van der Waals surface area contributed by atoms with E-state index in [2.05, 4.69) is 0 Å². The zero-order valence-electron chi connectivity index (χ0n) is 11.2. The van der Waals surface area contributed by atoms with Gasteiger partial charge in [0.15, 0.2) is 0 Å². The monoisotopic (exact) mass is 301 g/mol. The summed E-state index contributed by atoms with van der Waals surface area (Å²) in [6.45, 7) is 1.40. The minimum absolute atomic E-state index is 0.0142. The molecule has 1 aromatic rings. The summed E-state index contributed by atoms with van der Waals surface area (Å²) in [4.78, 5) is 14.0. The fraction of sp³-hybridized carbons (Fsp3) is 0.533. The number of benzene rings is 1. The molecule has 1 aliphatic heterocycles. The number of carbonyl (C=O) groups is 1. The summed E-state index contributed by atoms with van der Waals surface area (Å²) < 4.78 is 26.4. The Kier molecular flexibility index (Phi) is 5.35. The number of hydrogen-bond acceptors (Lipinski definition) is 1. The number of rotatable bonds is 4. The van der Waals surface area contributed by atoms with E-state index < -0.39 is 11.6 Å². The second-order valence-corrected chi connectivity index (χ2v) is 5.62. The third-order valence-corrected chi connectivity index (χ3v) is 3.96. The Hall–Kier alpha value is -1.16.